The fraction of sp³-hybridized carbons (Fsp3) is 0.317. The zero-order valence-corrected chi connectivity index (χ0v) is 30.5. The lowest BCUT2D eigenvalue weighted by Gasteiger charge is -2.38. The molecule has 54 heavy (non-hydrogen) atoms. The van der Waals surface area contributed by atoms with Crippen LogP contribution in [0.2, 0.25) is 0 Å². The van der Waals surface area contributed by atoms with Gasteiger partial charge in [-0.05, 0) is 78.6 Å². The molecule has 2 aromatic carbocycles. The van der Waals surface area contributed by atoms with Crippen LogP contribution >= 0.6 is 0 Å². The van der Waals surface area contributed by atoms with E-state index in [9.17, 15) is 31.1 Å². The van der Waals surface area contributed by atoms with E-state index in [1.807, 2.05) is 19.1 Å². The maximum Gasteiger partial charge on any atom is 0.416 e. The highest BCUT2D eigenvalue weighted by Crippen LogP contribution is 2.41. The van der Waals surface area contributed by atoms with Crippen LogP contribution < -0.4 is 15.5 Å². The molecule has 2 amide bonds. The fourth-order valence-corrected chi connectivity index (χ4v) is 6.61. The first-order valence-electron chi connectivity index (χ1n) is 17.4. The lowest BCUT2D eigenvalue weighted by Crippen LogP contribution is -2.44. The number of hydrogen-bond donors (Lipinski definition) is 2. The molecule has 7 nitrogen and oxygen atoms in total. The van der Waals surface area contributed by atoms with Crippen molar-refractivity contribution < 1.29 is 31.1 Å². The number of hydrogen-bond acceptors (Lipinski definition) is 5. The number of carbonyl (C=O) groups is 1. The third kappa shape index (κ3) is 8.19. The van der Waals surface area contributed by atoms with Crippen LogP contribution in [0.4, 0.5) is 48.5 Å². The summed E-state index contributed by atoms with van der Waals surface area (Å²) in [5.74, 6) is 1.23. The summed E-state index contributed by atoms with van der Waals surface area (Å²) in [6.45, 7) is 11.5. The Morgan fingerprint density at radius 3 is 1.93 bits per heavy atom. The van der Waals surface area contributed by atoms with Crippen LogP contribution in [0.5, 0.6) is 0 Å². The van der Waals surface area contributed by atoms with Crippen LogP contribution in [-0.4, -0.2) is 34.1 Å². The van der Waals surface area contributed by atoms with Gasteiger partial charge in [0.15, 0.2) is 0 Å². The van der Waals surface area contributed by atoms with E-state index < -0.39 is 23.5 Å². The summed E-state index contributed by atoms with van der Waals surface area (Å²) < 4.78 is 78.0. The summed E-state index contributed by atoms with van der Waals surface area (Å²) in [5.41, 5.74) is 3.61. The van der Waals surface area contributed by atoms with Crippen molar-refractivity contribution in [1.29, 1.82) is 0 Å². The van der Waals surface area contributed by atoms with Crippen LogP contribution in [0, 0.1) is 6.92 Å². The number of alkyl halides is 6. The predicted molar refractivity (Wildman–Crippen MR) is 198 cm³/mol. The van der Waals surface area contributed by atoms with Crippen molar-refractivity contribution >= 4 is 23.4 Å². The van der Waals surface area contributed by atoms with Crippen molar-refractivity contribution in [2.75, 3.05) is 28.6 Å². The first kappa shape index (κ1) is 38.3. The Bertz CT molecular complexity index is 2180. The zero-order chi connectivity index (χ0) is 39.1. The van der Waals surface area contributed by atoms with Gasteiger partial charge < -0.3 is 10.6 Å². The van der Waals surface area contributed by atoms with Gasteiger partial charge in [0, 0.05) is 53.4 Å². The molecule has 13 heteroatoms. The van der Waals surface area contributed by atoms with Gasteiger partial charge in [0.1, 0.15) is 11.6 Å². The fourth-order valence-electron chi connectivity index (χ4n) is 6.61. The number of nitrogens with zero attached hydrogens (tertiary/aromatic N) is 4. The van der Waals surface area contributed by atoms with Crippen LogP contribution in [0.15, 0.2) is 91.3 Å². The second-order valence-electron chi connectivity index (χ2n) is 14.8. The minimum absolute atomic E-state index is 0.0277. The molecular weight excluding hydrogens is 706 g/mol. The number of fused-ring (bicyclic) bond motifs is 2. The maximum atomic E-state index is 13.2. The summed E-state index contributed by atoms with van der Waals surface area (Å²) in [6.07, 6.45) is -3.80. The number of rotatable bonds is 3. The van der Waals surface area contributed by atoms with E-state index in [0.29, 0.717) is 40.6 Å². The van der Waals surface area contributed by atoms with Gasteiger partial charge in [-0.15, -0.1) is 0 Å². The number of carbonyl (C=O) groups excluding carboxylic acids is 1. The average molecular weight is 747 g/mol. The number of pyridine rings is 3. The van der Waals surface area contributed by atoms with Crippen molar-refractivity contribution in [2.45, 2.75) is 70.6 Å². The van der Waals surface area contributed by atoms with E-state index in [1.54, 1.807) is 47.6 Å². The van der Waals surface area contributed by atoms with E-state index in [1.165, 1.54) is 12.1 Å². The largest absolute Gasteiger partial charge is 0.416 e. The van der Waals surface area contributed by atoms with Crippen LogP contribution in [0.1, 0.15) is 68.4 Å². The van der Waals surface area contributed by atoms with Crippen molar-refractivity contribution in [3.05, 3.63) is 119 Å². The molecule has 0 saturated heterocycles. The van der Waals surface area contributed by atoms with Gasteiger partial charge in [-0.1, -0.05) is 64.1 Å². The highest BCUT2D eigenvalue weighted by atomic mass is 19.4. The Balaban J connectivity index is 0.000000197. The smallest absolute Gasteiger partial charge is 0.370 e. The second-order valence-corrected chi connectivity index (χ2v) is 14.8. The Kier molecular flexibility index (Phi) is 10.2. The summed E-state index contributed by atoms with van der Waals surface area (Å²) in [5, 5.41) is 6.13. The second kappa shape index (κ2) is 14.4. The van der Waals surface area contributed by atoms with E-state index in [-0.39, 0.29) is 16.9 Å². The minimum Gasteiger partial charge on any atom is -0.370 e. The standard InChI is InChI=1S/C24H23F3N4O.C17H17F3N2/c1-15-14-28-11-9-19(15)30-22(32)31-12-10-23(2,3)18-7-8-20(29-21(18)31)16-5-4-6-17(13-16)24(25,26)27;1-16(2)8-9-21-15-13(16)6-7-14(22-15)11-4-3-5-12(10-11)17(18,19)20/h4-9,11,13-14H,10,12H2,1-3H3,(H,28,30,32);3-7,10H,8-9H2,1-2H3,(H,21,22). The first-order valence-corrected chi connectivity index (χ1v) is 17.4. The summed E-state index contributed by atoms with van der Waals surface area (Å²) in [7, 11) is 0. The lowest BCUT2D eigenvalue weighted by molar-refractivity contribution is -0.138. The Morgan fingerprint density at radius 2 is 1.33 bits per heavy atom. The zero-order valence-electron chi connectivity index (χ0n) is 30.5. The van der Waals surface area contributed by atoms with E-state index in [0.717, 1.165) is 66.2 Å². The lowest BCUT2D eigenvalue weighted by atomic mass is 9.79. The Morgan fingerprint density at radius 1 is 0.759 bits per heavy atom. The van der Waals surface area contributed by atoms with Crippen LogP contribution in [0.25, 0.3) is 22.5 Å². The third-order valence-corrected chi connectivity index (χ3v) is 9.97. The number of anilines is 3. The maximum absolute atomic E-state index is 13.2. The van der Waals surface area contributed by atoms with Gasteiger partial charge in [0.25, 0.3) is 0 Å². The molecule has 0 spiro atoms. The average Bonchev–Trinajstić information content (AvgIpc) is 3.12. The van der Waals surface area contributed by atoms with E-state index in [2.05, 4.69) is 53.3 Å². The van der Waals surface area contributed by atoms with Crippen molar-refractivity contribution in [1.82, 2.24) is 15.0 Å². The Labute approximate surface area is 309 Å². The summed E-state index contributed by atoms with van der Waals surface area (Å²) in [6, 6.07) is 19.0. The summed E-state index contributed by atoms with van der Waals surface area (Å²) >= 11 is 0. The molecule has 2 N–H and O–H groups in total. The van der Waals surface area contributed by atoms with E-state index >= 15 is 0 Å². The number of nitrogens with one attached hydrogen (secondary N) is 2. The van der Waals surface area contributed by atoms with Gasteiger partial charge in [0.2, 0.25) is 0 Å². The molecule has 2 aliphatic rings. The van der Waals surface area contributed by atoms with Crippen LogP contribution in [-0.2, 0) is 23.2 Å². The molecule has 282 valence electrons. The molecular formula is C41H40F6N6O. The van der Waals surface area contributed by atoms with Gasteiger partial charge in [-0.3, -0.25) is 9.88 Å². The normalized spacial score (nSPS) is 15.9. The molecule has 2 aliphatic heterocycles. The molecule has 0 fully saturated rings. The molecule has 7 rings (SSSR count). The Hall–Kier alpha value is -5.46. The van der Waals surface area contributed by atoms with E-state index in [4.69, 9.17) is 0 Å². The first-order chi connectivity index (χ1) is 25.3. The third-order valence-electron chi connectivity index (χ3n) is 9.97. The number of benzene rings is 2. The quantitative estimate of drug-likeness (QED) is 0.180. The predicted octanol–water partition coefficient (Wildman–Crippen LogP) is 11.1. The molecule has 0 saturated carbocycles. The molecule has 5 heterocycles. The highest BCUT2D eigenvalue weighted by Gasteiger charge is 2.36. The number of aromatic nitrogens is 3. The van der Waals surface area contributed by atoms with Crippen molar-refractivity contribution in [3.8, 4) is 22.5 Å². The molecule has 0 unspecified atom stereocenters. The molecule has 0 bridgehead atoms. The number of urea groups is 1. The van der Waals surface area contributed by atoms with Gasteiger partial charge in [-0.2, -0.15) is 26.3 Å². The number of aryl methyl sites for hydroxylation is 1. The van der Waals surface area contributed by atoms with Gasteiger partial charge in [0.05, 0.1) is 22.5 Å². The molecule has 5 aromatic rings. The topological polar surface area (TPSA) is 83.0 Å². The number of amides is 2. The SMILES string of the molecule is CC1(C)CCNc2nc(-c3cccc(C(F)(F)F)c3)ccc21.Cc1cnccc1NC(=O)N1CCC(C)(C)c2ccc(-c3cccc(C(F)(F)F)c3)nc21. The molecule has 0 radical (unpaired) electrons. The highest BCUT2D eigenvalue weighted by molar-refractivity contribution is 6.02. The molecule has 0 aliphatic carbocycles. The molecule has 0 atom stereocenters. The van der Waals surface area contributed by atoms with Crippen molar-refractivity contribution in [3.63, 3.8) is 0 Å². The van der Waals surface area contributed by atoms with Crippen LogP contribution in [0.3, 0.4) is 0 Å². The monoisotopic (exact) mass is 746 g/mol. The summed E-state index contributed by atoms with van der Waals surface area (Å²) in [4.78, 5) is 27.9. The molecule has 3 aromatic heterocycles. The van der Waals surface area contributed by atoms with Gasteiger partial charge in [-0.25, -0.2) is 14.8 Å². The van der Waals surface area contributed by atoms with Gasteiger partial charge >= 0.3 is 18.4 Å². The van der Waals surface area contributed by atoms with Crippen molar-refractivity contribution in [2.24, 2.45) is 0 Å². The number of halogens is 6. The minimum atomic E-state index is -4.44.